The summed E-state index contributed by atoms with van der Waals surface area (Å²) in [6, 6.07) is 3.64. The van der Waals surface area contributed by atoms with E-state index in [1.165, 1.54) is 32.1 Å². The van der Waals surface area contributed by atoms with Gasteiger partial charge in [0.05, 0.1) is 0 Å². The van der Waals surface area contributed by atoms with Gasteiger partial charge in [-0.25, -0.2) is 9.97 Å². The van der Waals surface area contributed by atoms with Gasteiger partial charge in [-0.05, 0) is 30.7 Å². The van der Waals surface area contributed by atoms with Crippen molar-refractivity contribution in [1.82, 2.24) is 9.97 Å². The summed E-state index contributed by atoms with van der Waals surface area (Å²) in [6.45, 7) is 3.24. The van der Waals surface area contributed by atoms with E-state index in [9.17, 15) is 0 Å². The maximum atomic E-state index is 8.75. The van der Waals surface area contributed by atoms with E-state index >= 15 is 0 Å². The first-order valence-electron chi connectivity index (χ1n) is 6.75. The monoisotopic (exact) mass is 244 g/mol. The highest BCUT2D eigenvalue weighted by Crippen LogP contribution is 2.30. The van der Waals surface area contributed by atoms with Crippen molar-refractivity contribution in [2.75, 3.05) is 11.9 Å². The Hall–Kier alpha value is -1.63. The standard InChI is InChI=1S/C14H20N4/c1-11-3-2-4-12(9-11)5-7-16-14-17-8-6-13(10-15)18-14/h6,8,11-12H,2-5,7,9H2,1H3,(H,16,17,18). The second kappa shape index (κ2) is 6.34. The molecule has 18 heavy (non-hydrogen) atoms. The Kier molecular flexibility index (Phi) is 4.52. The summed E-state index contributed by atoms with van der Waals surface area (Å²) < 4.78 is 0. The van der Waals surface area contributed by atoms with Crippen LogP contribution in [-0.2, 0) is 0 Å². The zero-order chi connectivity index (χ0) is 12.8. The molecule has 2 atom stereocenters. The van der Waals surface area contributed by atoms with E-state index in [-0.39, 0.29) is 0 Å². The minimum Gasteiger partial charge on any atom is -0.354 e. The van der Waals surface area contributed by atoms with Crippen LogP contribution in [-0.4, -0.2) is 16.5 Å². The van der Waals surface area contributed by atoms with Gasteiger partial charge in [0.25, 0.3) is 0 Å². The number of anilines is 1. The fraction of sp³-hybridized carbons (Fsp3) is 0.643. The SMILES string of the molecule is CC1CCCC(CCNc2nccc(C#N)n2)C1. The minimum atomic E-state index is 0.416. The highest BCUT2D eigenvalue weighted by Gasteiger charge is 2.18. The Morgan fingerprint density at radius 3 is 3.17 bits per heavy atom. The lowest BCUT2D eigenvalue weighted by molar-refractivity contribution is 0.274. The number of nitriles is 1. The molecule has 2 unspecified atom stereocenters. The van der Waals surface area contributed by atoms with Gasteiger partial charge in [0.1, 0.15) is 11.8 Å². The average Bonchev–Trinajstić information content (AvgIpc) is 2.39. The van der Waals surface area contributed by atoms with Gasteiger partial charge in [-0.3, -0.25) is 0 Å². The summed E-state index contributed by atoms with van der Waals surface area (Å²) in [4.78, 5) is 8.22. The van der Waals surface area contributed by atoms with Gasteiger partial charge < -0.3 is 5.32 Å². The van der Waals surface area contributed by atoms with Crippen molar-refractivity contribution >= 4 is 5.95 Å². The van der Waals surface area contributed by atoms with Crippen LogP contribution in [0.4, 0.5) is 5.95 Å². The largest absolute Gasteiger partial charge is 0.354 e. The third kappa shape index (κ3) is 3.69. The molecule has 1 aromatic rings. The molecule has 1 aliphatic rings. The van der Waals surface area contributed by atoms with Gasteiger partial charge in [-0.15, -0.1) is 0 Å². The Bertz CT molecular complexity index is 424. The molecular weight excluding hydrogens is 224 g/mol. The highest BCUT2D eigenvalue weighted by molar-refractivity contribution is 5.29. The van der Waals surface area contributed by atoms with Crippen molar-refractivity contribution in [1.29, 1.82) is 5.26 Å². The summed E-state index contributed by atoms with van der Waals surface area (Å²) >= 11 is 0. The molecule has 0 aliphatic heterocycles. The maximum Gasteiger partial charge on any atom is 0.223 e. The predicted octanol–water partition coefficient (Wildman–Crippen LogP) is 2.98. The second-order valence-corrected chi connectivity index (χ2v) is 5.23. The molecule has 96 valence electrons. The third-order valence-corrected chi connectivity index (χ3v) is 3.65. The molecular formula is C14H20N4. The van der Waals surface area contributed by atoms with E-state index in [2.05, 4.69) is 22.2 Å². The molecule has 0 aromatic carbocycles. The van der Waals surface area contributed by atoms with Crippen molar-refractivity contribution in [2.24, 2.45) is 11.8 Å². The number of rotatable bonds is 4. The molecule has 0 saturated heterocycles. The van der Waals surface area contributed by atoms with Crippen LogP contribution >= 0.6 is 0 Å². The molecule has 1 saturated carbocycles. The fourth-order valence-corrected chi connectivity index (χ4v) is 2.72. The van der Waals surface area contributed by atoms with Gasteiger partial charge in [0.2, 0.25) is 5.95 Å². The van der Waals surface area contributed by atoms with Gasteiger partial charge in [0.15, 0.2) is 0 Å². The molecule has 0 amide bonds. The first kappa shape index (κ1) is 12.8. The molecule has 0 radical (unpaired) electrons. The maximum absolute atomic E-state index is 8.75. The molecule has 1 aromatic heterocycles. The molecule has 0 spiro atoms. The molecule has 0 bridgehead atoms. The molecule has 1 fully saturated rings. The van der Waals surface area contributed by atoms with Crippen LogP contribution in [0.2, 0.25) is 0 Å². The Morgan fingerprint density at radius 1 is 1.50 bits per heavy atom. The van der Waals surface area contributed by atoms with Gasteiger partial charge in [0, 0.05) is 12.7 Å². The predicted molar refractivity (Wildman–Crippen MR) is 71.0 cm³/mol. The molecule has 1 heterocycles. The third-order valence-electron chi connectivity index (χ3n) is 3.65. The lowest BCUT2D eigenvalue weighted by atomic mass is 9.81. The van der Waals surface area contributed by atoms with Gasteiger partial charge >= 0.3 is 0 Å². The normalized spacial score (nSPS) is 23.3. The Labute approximate surface area is 108 Å². The Balaban J connectivity index is 1.76. The van der Waals surface area contributed by atoms with Crippen LogP contribution in [0.15, 0.2) is 12.3 Å². The summed E-state index contributed by atoms with van der Waals surface area (Å²) in [5.74, 6) is 2.28. The van der Waals surface area contributed by atoms with Crippen molar-refractivity contribution in [3.8, 4) is 6.07 Å². The molecule has 4 heteroatoms. The lowest BCUT2D eigenvalue weighted by Crippen LogP contribution is -2.17. The van der Waals surface area contributed by atoms with Crippen LogP contribution in [0, 0.1) is 23.2 Å². The van der Waals surface area contributed by atoms with Gasteiger partial charge in [-0.1, -0.05) is 26.2 Å². The quantitative estimate of drug-likeness (QED) is 0.884. The number of nitrogens with zero attached hydrogens (tertiary/aromatic N) is 3. The molecule has 1 aliphatic carbocycles. The number of hydrogen-bond acceptors (Lipinski definition) is 4. The van der Waals surface area contributed by atoms with E-state index in [0.717, 1.165) is 18.4 Å². The average molecular weight is 244 g/mol. The van der Waals surface area contributed by atoms with Crippen molar-refractivity contribution in [2.45, 2.75) is 39.0 Å². The molecule has 1 N–H and O–H groups in total. The zero-order valence-electron chi connectivity index (χ0n) is 10.9. The van der Waals surface area contributed by atoms with Crippen LogP contribution in [0.3, 0.4) is 0 Å². The summed E-state index contributed by atoms with van der Waals surface area (Å²) in [5.41, 5.74) is 0.416. The van der Waals surface area contributed by atoms with Crippen molar-refractivity contribution in [3.05, 3.63) is 18.0 Å². The highest BCUT2D eigenvalue weighted by atomic mass is 15.1. The zero-order valence-corrected chi connectivity index (χ0v) is 10.9. The fourth-order valence-electron chi connectivity index (χ4n) is 2.72. The van der Waals surface area contributed by atoms with E-state index in [1.54, 1.807) is 12.3 Å². The van der Waals surface area contributed by atoms with Crippen molar-refractivity contribution < 1.29 is 0 Å². The smallest absolute Gasteiger partial charge is 0.223 e. The lowest BCUT2D eigenvalue weighted by Gasteiger charge is -2.26. The first-order chi connectivity index (χ1) is 8.78. The first-order valence-corrected chi connectivity index (χ1v) is 6.75. The van der Waals surface area contributed by atoms with Gasteiger partial charge in [-0.2, -0.15) is 5.26 Å². The van der Waals surface area contributed by atoms with Crippen LogP contribution in [0.25, 0.3) is 0 Å². The topological polar surface area (TPSA) is 61.6 Å². The second-order valence-electron chi connectivity index (χ2n) is 5.23. The number of nitrogens with one attached hydrogen (secondary N) is 1. The molecule has 2 rings (SSSR count). The summed E-state index contributed by atoms with van der Waals surface area (Å²) in [7, 11) is 0. The Morgan fingerprint density at radius 2 is 2.39 bits per heavy atom. The molecule has 4 nitrogen and oxygen atoms in total. The number of hydrogen-bond donors (Lipinski definition) is 1. The van der Waals surface area contributed by atoms with E-state index in [4.69, 9.17) is 5.26 Å². The van der Waals surface area contributed by atoms with Crippen LogP contribution in [0.1, 0.15) is 44.7 Å². The van der Waals surface area contributed by atoms with E-state index in [0.29, 0.717) is 11.6 Å². The van der Waals surface area contributed by atoms with Crippen LogP contribution in [0.5, 0.6) is 0 Å². The van der Waals surface area contributed by atoms with E-state index in [1.807, 2.05) is 6.07 Å². The minimum absolute atomic E-state index is 0.416. The number of aromatic nitrogens is 2. The van der Waals surface area contributed by atoms with Crippen molar-refractivity contribution in [3.63, 3.8) is 0 Å². The summed E-state index contributed by atoms with van der Waals surface area (Å²) in [6.07, 6.45) is 8.25. The van der Waals surface area contributed by atoms with E-state index < -0.39 is 0 Å². The van der Waals surface area contributed by atoms with Crippen LogP contribution < -0.4 is 5.32 Å². The summed E-state index contributed by atoms with van der Waals surface area (Å²) in [5, 5.41) is 12.0.